The molecular weight excluding hydrogens is 512 g/mol. The molecule has 1 amide bonds. The van der Waals surface area contributed by atoms with E-state index in [-0.39, 0.29) is 23.6 Å². The molecule has 0 aliphatic rings. The van der Waals surface area contributed by atoms with E-state index in [1.165, 1.54) is 12.1 Å². The highest BCUT2D eigenvalue weighted by molar-refractivity contribution is 14.1. The SMILES string of the molecule is Cc1ccc(C(=O)c2oc3ccccc3c2NC(=O)COc2ccc(I)cc2)cc1F. The minimum absolute atomic E-state index is 0.0629. The zero-order chi connectivity index (χ0) is 22.0. The Morgan fingerprint density at radius 2 is 1.81 bits per heavy atom. The van der Waals surface area contributed by atoms with Gasteiger partial charge in [0.25, 0.3) is 5.91 Å². The molecule has 5 nitrogen and oxygen atoms in total. The first kappa shape index (κ1) is 21.0. The molecule has 1 N–H and O–H groups in total. The third kappa shape index (κ3) is 4.61. The number of anilines is 1. The second-order valence-electron chi connectivity index (χ2n) is 6.89. The first-order valence-corrected chi connectivity index (χ1v) is 10.5. The fraction of sp³-hybridized carbons (Fsp3) is 0.0833. The maximum absolute atomic E-state index is 14.0. The van der Waals surface area contributed by atoms with Crippen molar-refractivity contribution in [1.29, 1.82) is 0 Å². The van der Waals surface area contributed by atoms with Crippen molar-refractivity contribution in [2.75, 3.05) is 11.9 Å². The molecule has 0 bridgehead atoms. The molecule has 0 aliphatic heterocycles. The summed E-state index contributed by atoms with van der Waals surface area (Å²) >= 11 is 2.18. The molecule has 4 rings (SSSR count). The molecular formula is C24H17FINO4. The van der Waals surface area contributed by atoms with Crippen molar-refractivity contribution in [2.24, 2.45) is 0 Å². The van der Waals surface area contributed by atoms with E-state index < -0.39 is 17.5 Å². The molecule has 1 aromatic heterocycles. The fourth-order valence-electron chi connectivity index (χ4n) is 3.05. The second-order valence-corrected chi connectivity index (χ2v) is 8.13. The Bertz CT molecular complexity index is 1280. The second kappa shape index (κ2) is 8.89. The van der Waals surface area contributed by atoms with Crippen LogP contribution in [0.2, 0.25) is 0 Å². The number of ketones is 1. The van der Waals surface area contributed by atoms with E-state index in [1.807, 2.05) is 12.1 Å². The lowest BCUT2D eigenvalue weighted by Gasteiger charge is -2.08. The minimum atomic E-state index is -0.524. The molecule has 0 fully saturated rings. The molecule has 31 heavy (non-hydrogen) atoms. The van der Waals surface area contributed by atoms with E-state index in [4.69, 9.17) is 9.15 Å². The van der Waals surface area contributed by atoms with Crippen LogP contribution in [0.25, 0.3) is 11.0 Å². The summed E-state index contributed by atoms with van der Waals surface area (Å²) in [6.07, 6.45) is 0. The van der Waals surface area contributed by atoms with Crippen molar-refractivity contribution in [3.8, 4) is 5.75 Å². The zero-order valence-corrected chi connectivity index (χ0v) is 18.6. The molecule has 0 spiro atoms. The zero-order valence-electron chi connectivity index (χ0n) is 16.4. The van der Waals surface area contributed by atoms with E-state index in [1.54, 1.807) is 43.3 Å². The summed E-state index contributed by atoms with van der Waals surface area (Å²) in [6, 6.07) is 18.5. The number of hydrogen-bond acceptors (Lipinski definition) is 4. The Kier molecular flexibility index (Phi) is 6.03. The van der Waals surface area contributed by atoms with Gasteiger partial charge in [-0.3, -0.25) is 9.59 Å². The minimum Gasteiger partial charge on any atom is -0.484 e. The van der Waals surface area contributed by atoms with Crippen molar-refractivity contribution < 1.29 is 23.1 Å². The molecule has 7 heteroatoms. The number of hydrogen-bond donors (Lipinski definition) is 1. The van der Waals surface area contributed by atoms with Crippen LogP contribution in [0.15, 0.2) is 71.1 Å². The summed E-state index contributed by atoms with van der Waals surface area (Å²) in [6.45, 7) is 1.37. The summed E-state index contributed by atoms with van der Waals surface area (Å²) < 4.78 is 26.3. The van der Waals surface area contributed by atoms with Gasteiger partial charge in [0.15, 0.2) is 12.4 Å². The van der Waals surface area contributed by atoms with Crippen LogP contribution in [0, 0.1) is 16.3 Å². The lowest BCUT2D eigenvalue weighted by Crippen LogP contribution is -2.21. The number of carbonyl (C=O) groups is 2. The van der Waals surface area contributed by atoms with Crippen LogP contribution in [0.1, 0.15) is 21.7 Å². The van der Waals surface area contributed by atoms with E-state index >= 15 is 0 Å². The number of para-hydroxylation sites is 1. The van der Waals surface area contributed by atoms with Crippen molar-refractivity contribution in [2.45, 2.75) is 6.92 Å². The lowest BCUT2D eigenvalue weighted by molar-refractivity contribution is -0.118. The van der Waals surface area contributed by atoms with Gasteiger partial charge in [-0.1, -0.05) is 24.3 Å². The first-order chi connectivity index (χ1) is 14.9. The molecule has 156 valence electrons. The maximum atomic E-state index is 14.0. The number of furan rings is 1. The Balaban J connectivity index is 1.61. The lowest BCUT2D eigenvalue weighted by atomic mass is 10.0. The van der Waals surface area contributed by atoms with Gasteiger partial charge >= 0.3 is 0 Å². The predicted octanol–water partition coefficient (Wildman–Crippen LogP) is 5.73. The number of benzene rings is 3. The van der Waals surface area contributed by atoms with Gasteiger partial charge in [-0.2, -0.15) is 0 Å². The number of carbonyl (C=O) groups excluding carboxylic acids is 2. The third-order valence-corrected chi connectivity index (χ3v) is 5.40. The smallest absolute Gasteiger partial charge is 0.262 e. The van der Waals surface area contributed by atoms with Crippen LogP contribution in [-0.4, -0.2) is 18.3 Å². The highest BCUT2D eigenvalue weighted by Gasteiger charge is 2.24. The number of aryl methyl sites for hydroxylation is 1. The Hall–Kier alpha value is -3.20. The summed E-state index contributed by atoms with van der Waals surface area (Å²) in [5.74, 6) is -0.970. The molecule has 0 saturated heterocycles. The van der Waals surface area contributed by atoms with Crippen LogP contribution in [0.3, 0.4) is 0 Å². The topological polar surface area (TPSA) is 68.5 Å². The van der Waals surface area contributed by atoms with E-state index in [9.17, 15) is 14.0 Å². The van der Waals surface area contributed by atoms with Crippen molar-refractivity contribution in [1.82, 2.24) is 0 Å². The quantitative estimate of drug-likeness (QED) is 0.256. The van der Waals surface area contributed by atoms with E-state index in [0.29, 0.717) is 22.3 Å². The van der Waals surface area contributed by atoms with Gasteiger partial charge in [0.05, 0.1) is 5.69 Å². The highest BCUT2D eigenvalue weighted by atomic mass is 127. The third-order valence-electron chi connectivity index (χ3n) is 4.68. The fourth-order valence-corrected chi connectivity index (χ4v) is 3.41. The maximum Gasteiger partial charge on any atom is 0.262 e. The number of fused-ring (bicyclic) bond motifs is 1. The van der Waals surface area contributed by atoms with Gasteiger partial charge in [0.2, 0.25) is 5.78 Å². The van der Waals surface area contributed by atoms with Gasteiger partial charge in [-0.15, -0.1) is 0 Å². The molecule has 0 aliphatic carbocycles. The number of ether oxygens (including phenoxy) is 1. The van der Waals surface area contributed by atoms with Crippen LogP contribution in [0.4, 0.5) is 10.1 Å². The molecule has 3 aromatic carbocycles. The number of nitrogens with one attached hydrogen (secondary N) is 1. The van der Waals surface area contributed by atoms with E-state index in [2.05, 4.69) is 27.9 Å². The molecule has 1 heterocycles. The number of halogens is 2. The molecule has 4 aromatic rings. The van der Waals surface area contributed by atoms with Gasteiger partial charge in [-0.05, 0) is 77.5 Å². The average Bonchev–Trinajstić information content (AvgIpc) is 3.13. The van der Waals surface area contributed by atoms with Gasteiger partial charge in [0.1, 0.15) is 17.1 Å². The van der Waals surface area contributed by atoms with Gasteiger partial charge < -0.3 is 14.5 Å². The standard InChI is InChI=1S/C24H17FINO4/c1-14-6-7-15(12-19(14)25)23(29)24-22(18-4-2-3-5-20(18)31-24)27-21(28)13-30-17-10-8-16(26)9-11-17/h2-12H,13H2,1H3,(H,27,28). The molecule has 0 saturated carbocycles. The van der Waals surface area contributed by atoms with Crippen LogP contribution in [0.5, 0.6) is 5.75 Å². The average molecular weight is 529 g/mol. The molecule has 0 atom stereocenters. The van der Waals surface area contributed by atoms with Gasteiger partial charge in [-0.25, -0.2) is 4.39 Å². The highest BCUT2D eigenvalue weighted by Crippen LogP contribution is 2.32. The van der Waals surface area contributed by atoms with Gasteiger partial charge in [0, 0.05) is 14.5 Å². The van der Waals surface area contributed by atoms with Crippen LogP contribution >= 0.6 is 22.6 Å². The van der Waals surface area contributed by atoms with Crippen molar-refractivity contribution in [3.63, 3.8) is 0 Å². The largest absolute Gasteiger partial charge is 0.484 e. The Labute approximate surface area is 191 Å². The summed E-state index contributed by atoms with van der Waals surface area (Å²) in [7, 11) is 0. The number of amides is 1. The predicted molar refractivity (Wildman–Crippen MR) is 124 cm³/mol. The summed E-state index contributed by atoms with van der Waals surface area (Å²) in [4.78, 5) is 25.6. The first-order valence-electron chi connectivity index (χ1n) is 9.43. The molecule has 0 unspecified atom stereocenters. The summed E-state index contributed by atoms with van der Waals surface area (Å²) in [5.41, 5.74) is 1.24. The van der Waals surface area contributed by atoms with Crippen molar-refractivity contribution in [3.05, 3.63) is 93.0 Å². The molecule has 0 radical (unpaired) electrons. The normalized spacial score (nSPS) is 10.8. The number of rotatable bonds is 6. The van der Waals surface area contributed by atoms with Crippen LogP contribution < -0.4 is 10.1 Å². The van der Waals surface area contributed by atoms with Crippen LogP contribution in [-0.2, 0) is 4.79 Å². The van der Waals surface area contributed by atoms with E-state index in [0.717, 1.165) is 9.64 Å². The monoisotopic (exact) mass is 529 g/mol. The Morgan fingerprint density at radius 3 is 2.55 bits per heavy atom. The summed E-state index contributed by atoms with van der Waals surface area (Å²) in [5, 5.41) is 3.29. The Morgan fingerprint density at radius 1 is 1.06 bits per heavy atom. The van der Waals surface area contributed by atoms with Crippen molar-refractivity contribution >= 4 is 50.9 Å².